The normalized spacial score (nSPS) is 22.2. The number of aliphatic hydroxyl groups excluding tert-OH is 2. The van der Waals surface area contributed by atoms with Gasteiger partial charge in [0.05, 0.1) is 11.6 Å². The van der Waals surface area contributed by atoms with E-state index in [-0.39, 0.29) is 26.2 Å². The molecule has 5 rings (SSSR count). The molecule has 2 aliphatic carbocycles. The Morgan fingerprint density at radius 2 is 1.62 bits per heavy atom. The zero-order valence-electron chi connectivity index (χ0n) is 16.9. The van der Waals surface area contributed by atoms with Crippen LogP contribution >= 0.6 is 0 Å². The summed E-state index contributed by atoms with van der Waals surface area (Å²) in [5.74, 6) is 1.58. The molecule has 0 aliphatic heterocycles. The summed E-state index contributed by atoms with van der Waals surface area (Å²) in [6, 6.07) is 23.4. The van der Waals surface area contributed by atoms with Crippen molar-refractivity contribution >= 4 is 10.9 Å². The standard InChI is InChI=1S/C15H10N.C9H16O.CH4O.Ir/c1-2-6-12(7-3-1)15-11-10-13-8-4-5-9-14(13)16-15;10-9-6-5-7-3-1-2-4-8(7)9;1-2;/h1-6,8-11H;7-10H,1-6H2;2H,1H3;/q-1;;;. The van der Waals surface area contributed by atoms with Gasteiger partial charge in [0.25, 0.3) is 0 Å². The average molecular weight is 569 g/mol. The van der Waals surface area contributed by atoms with Crippen LogP contribution in [0.2, 0.25) is 0 Å². The molecular formula is C25H30IrNO2-. The molecule has 1 aromatic heterocycles. The van der Waals surface area contributed by atoms with Gasteiger partial charge >= 0.3 is 0 Å². The van der Waals surface area contributed by atoms with Crippen molar-refractivity contribution in [3.63, 3.8) is 0 Å². The van der Waals surface area contributed by atoms with Crippen molar-refractivity contribution in [2.75, 3.05) is 7.11 Å². The van der Waals surface area contributed by atoms with Gasteiger partial charge in [-0.05, 0) is 48.2 Å². The first kappa shape index (κ1) is 23.7. The second kappa shape index (κ2) is 12.2. The second-order valence-corrected chi connectivity index (χ2v) is 7.52. The first-order valence-corrected chi connectivity index (χ1v) is 10.3. The first-order chi connectivity index (χ1) is 13.8. The summed E-state index contributed by atoms with van der Waals surface area (Å²) in [6.07, 6.45) is 7.89. The molecule has 3 nitrogen and oxygen atoms in total. The van der Waals surface area contributed by atoms with E-state index in [4.69, 9.17) is 5.11 Å². The number of hydrogen-bond donors (Lipinski definition) is 2. The predicted molar refractivity (Wildman–Crippen MR) is 115 cm³/mol. The molecule has 157 valence electrons. The molecule has 2 aliphatic rings. The number of nitrogens with zero attached hydrogens (tertiary/aromatic N) is 1. The molecule has 0 amide bonds. The minimum Gasteiger partial charge on any atom is -0.400 e. The Balaban J connectivity index is 0.000000200. The van der Waals surface area contributed by atoms with E-state index in [2.05, 4.69) is 23.2 Å². The van der Waals surface area contributed by atoms with Crippen LogP contribution in [-0.4, -0.2) is 28.4 Å². The Hall–Kier alpha value is -1.58. The van der Waals surface area contributed by atoms with Gasteiger partial charge in [-0.1, -0.05) is 49.6 Å². The molecule has 2 N–H and O–H groups in total. The molecule has 3 aromatic rings. The number of rotatable bonds is 1. The van der Waals surface area contributed by atoms with Gasteiger partial charge in [0.2, 0.25) is 0 Å². The molecule has 3 unspecified atom stereocenters. The van der Waals surface area contributed by atoms with E-state index >= 15 is 0 Å². The van der Waals surface area contributed by atoms with E-state index in [1.807, 2.05) is 48.5 Å². The molecule has 0 saturated heterocycles. The van der Waals surface area contributed by atoms with Gasteiger partial charge in [-0.25, -0.2) is 0 Å². The Kier molecular flexibility index (Phi) is 9.96. The summed E-state index contributed by atoms with van der Waals surface area (Å²) in [5.41, 5.74) is 3.03. The fraction of sp³-hybridized carbons (Fsp3) is 0.400. The van der Waals surface area contributed by atoms with Crippen LogP contribution in [0.1, 0.15) is 38.5 Å². The Bertz CT molecular complexity index is 854. The average Bonchev–Trinajstić information content (AvgIpc) is 3.17. The third-order valence-corrected chi connectivity index (χ3v) is 5.88. The maximum Gasteiger partial charge on any atom is 0.0595 e. The van der Waals surface area contributed by atoms with Crippen LogP contribution in [0.25, 0.3) is 22.2 Å². The van der Waals surface area contributed by atoms with Gasteiger partial charge in [-0.3, -0.25) is 4.98 Å². The minimum absolute atomic E-state index is 0. The van der Waals surface area contributed by atoms with Gasteiger partial charge in [0.15, 0.2) is 0 Å². The van der Waals surface area contributed by atoms with Gasteiger partial charge in [-0.2, -0.15) is 0 Å². The molecule has 0 spiro atoms. The smallest absolute Gasteiger partial charge is 0.0595 e. The molecule has 3 atom stereocenters. The molecule has 2 aromatic carbocycles. The molecule has 1 radical (unpaired) electrons. The van der Waals surface area contributed by atoms with E-state index in [0.29, 0.717) is 5.92 Å². The van der Waals surface area contributed by atoms with Crippen LogP contribution in [0.3, 0.4) is 0 Å². The molecular weight excluding hydrogens is 538 g/mol. The number of hydrogen-bond acceptors (Lipinski definition) is 3. The Labute approximate surface area is 187 Å². The maximum absolute atomic E-state index is 9.52. The topological polar surface area (TPSA) is 53.4 Å². The fourth-order valence-electron chi connectivity index (χ4n) is 4.47. The van der Waals surface area contributed by atoms with E-state index in [9.17, 15) is 5.11 Å². The molecule has 1 heterocycles. The number of aliphatic hydroxyl groups is 2. The zero-order valence-corrected chi connectivity index (χ0v) is 19.3. The van der Waals surface area contributed by atoms with Gasteiger partial charge in [-0.15, -0.1) is 35.9 Å². The van der Waals surface area contributed by atoms with Crippen molar-refractivity contribution in [2.45, 2.75) is 44.6 Å². The van der Waals surface area contributed by atoms with Crippen LogP contribution in [-0.2, 0) is 20.1 Å². The first-order valence-electron chi connectivity index (χ1n) is 10.3. The summed E-state index contributed by atoms with van der Waals surface area (Å²) in [4.78, 5) is 4.61. The zero-order chi connectivity index (χ0) is 19.8. The minimum atomic E-state index is 0. The predicted octanol–water partition coefficient (Wildman–Crippen LogP) is 5.26. The summed E-state index contributed by atoms with van der Waals surface area (Å²) in [7, 11) is 1.00. The molecule has 2 fully saturated rings. The third-order valence-electron chi connectivity index (χ3n) is 5.88. The summed E-state index contributed by atoms with van der Waals surface area (Å²) >= 11 is 0. The Morgan fingerprint density at radius 1 is 0.862 bits per heavy atom. The van der Waals surface area contributed by atoms with E-state index < -0.39 is 0 Å². The Morgan fingerprint density at radius 3 is 2.38 bits per heavy atom. The van der Waals surface area contributed by atoms with E-state index in [1.54, 1.807) is 0 Å². The summed E-state index contributed by atoms with van der Waals surface area (Å²) in [6.45, 7) is 0. The third kappa shape index (κ3) is 6.20. The van der Waals surface area contributed by atoms with E-state index in [0.717, 1.165) is 36.2 Å². The SMILES string of the molecule is CO.OC1CCC2CCCCC12.[Ir].[c-]1ccccc1-c1ccc2ccccc2n1. The van der Waals surface area contributed by atoms with Gasteiger partial charge in [0.1, 0.15) is 0 Å². The van der Waals surface area contributed by atoms with Crippen LogP contribution < -0.4 is 0 Å². The van der Waals surface area contributed by atoms with Crippen LogP contribution in [0.5, 0.6) is 0 Å². The number of pyridine rings is 1. The van der Waals surface area contributed by atoms with Crippen molar-refractivity contribution in [3.05, 3.63) is 66.7 Å². The number of para-hydroxylation sites is 1. The quantitative estimate of drug-likeness (QED) is 0.394. The fourth-order valence-corrected chi connectivity index (χ4v) is 4.47. The number of fused-ring (bicyclic) bond motifs is 2. The molecule has 29 heavy (non-hydrogen) atoms. The van der Waals surface area contributed by atoms with E-state index in [1.165, 1.54) is 37.5 Å². The molecule has 0 bridgehead atoms. The van der Waals surface area contributed by atoms with Crippen molar-refractivity contribution in [3.8, 4) is 11.3 Å². The van der Waals surface area contributed by atoms with Crippen molar-refractivity contribution in [1.29, 1.82) is 0 Å². The maximum atomic E-state index is 9.52. The van der Waals surface area contributed by atoms with Crippen LogP contribution in [0, 0.1) is 17.9 Å². The number of benzene rings is 2. The second-order valence-electron chi connectivity index (χ2n) is 7.52. The molecule has 4 heteroatoms. The van der Waals surface area contributed by atoms with Crippen LogP contribution in [0.15, 0.2) is 60.7 Å². The summed E-state index contributed by atoms with van der Waals surface area (Å²) < 4.78 is 0. The van der Waals surface area contributed by atoms with Crippen molar-refractivity contribution in [2.24, 2.45) is 11.8 Å². The van der Waals surface area contributed by atoms with Crippen LogP contribution in [0.4, 0.5) is 0 Å². The van der Waals surface area contributed by atoms with Crippen molar-refractivity contribution < 1.29 is 30.3 Å². The molecule has 2 saturated carbocycles. The monoisotopic (exact) mass is 569 g/mol. The summed E-state index contributed by atoms with van der Waals surface area (Å²) in [5, 5.41) is 17.7. The number of aromatic nitrogens is 1. The van der Waals surface area contributed by atoms with Crippen molar-refractivity contribution in [1.82, 2.24) is 4.98 Å². The van der Waals surface area contributed by atoms with Gasteiger partial charge in [0, 0.05) is 27.2 Å². The van der Waals surface area contributed by atoms with Gasteiger partial charge < -0.3 is 10.2 Å². The largest absolute Gasteiger partial charge is 0.400 e.